The Morgan fingerprint density at radius 3 is 2.63 bits per heavy atom. The van der Waals surface area contributed by atoms with Crippen LogP contribution >= 0.6 is 0 Å². The van der Waals surface area contributed by atoms with E-state index in [1.807, 2.05) is 28.8 Å². The molecule has 2 aromatic rings. The van der Waals surface area contributed by atoms with Crippen molar-refractivity contribution in [3.05, 3.63) is 46.8 Å². The van der Waals surface area contributed by atoms with Crippen molar-refractivity contribution in [2.45, 2.75) is 20.0 Å². The van der Waals surface area contributed by atoms with E-state index in [2.05, 4.69) is 0 Å². The van der Waals surface area contributed by atoms with Crippen LogP contribution in [0, 0.1) is 11.3 Å². The second kappa shape index (κ2) is 6.21. The Labute approximate surface area is 155 Å². The Balaban J connectivity index is 1.86. The van der Waals surface area contributed by atoms with Gasteiger partial charge in [0.2, 0.25) is 12.7 Å². The maximum atomic E-state index is 12.3. The van der Waals surface area contributed by atoms with E-state index in [1.54, 1.807) is 11.0 Å². The third-order valence-corrected chi connectivity index (χ3v) is 4.68. The number of fused-ring (bicyclic) bond motifs is 3. The molecule has 0 unspecified atom stereocenters. The zero-order valence-corrected chi connectivity index (χ0v) is 14.6. The van der Waals surface area contributed by atoms with Gasteiger partial charge in [-0.2, -0.15) is 5.26 Å². The number of nitrogens with zero attached hydrogens (tertiary/aromatic N) is 3. The van der Waals surface area contributed by atoms with Gasteiger partial charge in [-0.3, -0.25) is 9.59 Å². The maximum absolute atomic E-state index is 12.3. The van der Waals surface area contributed by atoms with Crippen LogP contribution in [-0.4, -0.2) is 23.2 Å². The third-order valence-electron chi connectivity index (χ3n) is 4.68. The zero-order chi connectivity index (χ0) is 19.1. The molecule has 0 fully saturated rings. The predicted octanol–water partition coefficient (Wildman–Crippen LogP) is 1.52. The number of anilines is 1. The molecular formula is C19H16N4O4. The number of amides is 2. The lowest BCUT2D eigenvalue weighted by Crippen LogP contribution is -2.27. The van der Waals surface area contributed by atoms with Crippen molar-refractivity contribution in [3.8, 4) is 17.6 Å². The van der Waals surface area contributed by atoms with Crippen molar-refractivity contribution in [3.63, 3.8) is 0 Å². The van der Waals surface area contributed by atoms with Crippen molar-refractivity contribution in [1.29, 1.82) is 5.26 Å². The summed E-state index contributed by atoms with van der Waals surface area (Å²) in [5.74, 6) is 0.347. The molecule has 8 heteroatoms. The predicted molar refractivity (Wildman–Crippen MR) is 95.7 cm³/mol. The Bertz CT molecular complexity index is 1040. The summed E-state index contributed by atoms with van der Waals surface area (Å²) in [6.45, 7) is 2.45. The van der Waals surface area contributed by atoms with Crippen molar-refractivity contribution in [2.24, 2.45) is 5.73 Å². The first-order valence-corrected chi connectivity index (χ1v) is 8.28. The summed E-state index contributed by atoms with van der Waals surface area (Å²) in [5, 5.41) is 9.12. The van der Waals surface area contributed by atoms with Gasteiger partial charge in [0.15, 0.2) is 11.5 Å². The van der Waals surface area contributed by atoms with Crippen LogP contribution in [0.5, 0.6) is 11.5 Å². The molecule has 8 nitrogen and oxygen atoms in total. The molecule has 0 bridgehead atoms. The minimum atomic E-state index is -0.782. The maximum Gasteiger partial charge on any atom is 0.259 e. The number of hydrogen-bond donors (Lipinski definition) is 1. The molecular weight excluding hydrogens is 348 g/mol. The van der Waals surface area contributed by atoms with Gasteiger partial charge in [-0.05, 0) is 29.8 Å². The fourth-order valence-corrected chi connectivity index (χ4v) is 3.34. The number of nitriles is 1. The van der Waals surface area contributed by atoms with E-state index in [4.69, 9.17) is 20.5 Å². The van der Waals surface area contributed by atoms with E-state index in [0.717, 1.165) is 16.9 Å². The minimum absolute atomic E-state index is 0.100. The molecule has 0 saturated heterocycles. The average molecular weight is 364 g/mol. The number of hydrogen-bond acceptors (Lipinski definition) is 5. The molecule has 2 amide bonds. The monoisotopic (exact) mass is 364 g/mol. The molecule has 27 heavy (non-hydrogen) atoms. The first kappa shape index (κ1) is 16.7. The molecule has 0 atom stereocenters. The quantitative estimate of drug-likeness (QED) is 0.642. The highest BCUT2D eigenvalue weighted by Gasteiger charge is 2.27. The number of carbonyl (C=O) groups is 2. The molecule has 0 radical (unpaired) electrons. The summed E-state index contributed by atoms with van der Waals surface area (Å²) >= 11 is 0. The number of benzene rings is 1. The van der Waals surface area contributed by atoms with Gasteiger partial charge in [-0.15, -0.1) is 0 Å². The zero-order valence-electron chi connectivity index (χ0n) is 14.6. The molecule has 0 aliphatic carbocycles. The Kier molecular flexibility index (Phi) is 3.85. The smallest absolute Gasteiger partial charge is 0.259 e. The summed E-state index contributed by atoms with van der Waals surface area (Å²) in [7, 11) is 0. The Morgan fingerprint density at radius 2 is 1.96 bits per heavy atom. The van der Waals surface area contributed by atoms with Crippen LogP contribution < -0.4 is 20.1 Å². The number of rotatable bonds is 2. The summed E-state index contributed by atoms with van der Waals surface area (Å²) < 4.78 is 12.9. The first-order chi connectivity index (χ1) is 13.0. The highest BCUT2D eigenvalue weighted by Crippen LogP contribution is 2.40. The lowest BCUT2D eigenvalue weighted by molar-refractivity contribution is -0.116. The average Bonchev–Trinajstić information content (AvgIpc) is 3.19. The minimum Gasteiger partial charge on any atom is -0.454 e. The largest absolute Gasteiger partial charge is 0.454 e. The van der Waals surface area contributed by atoms with Crippen LogP contribution in [0.25, 0.3) is 6.08 Å². The molecule has 1 aromatic carbocycles. The van der Waals surface area contributed by atoms with Crippen molar-refractivity contribution in [1.82, 2.24) is 4.57 Å². The molecule has 1 aromatic heterocycles. The summed E-state index contributed by atoms with van der Waals surface area (Å²) in [5.41, 5.74) is 8.27. The SMILES string of the molecule is CC(=O)N1Cc2ccc(/C=C(\C#N)C(N)=O)n2Cc2cc3c(cc21)OCO3. The van der Waals surface area contributed by atoms with Crippen LogP contribution in [0.3, 0.4) is 0 Å². The number of aromatic nitrogens is 1. The van der Waals surface area contributed by atoms with Gasteiger partial charge in [-0.1, -0.05) is 0 Å². The molecule has 2 aliphatic heterocycles. The molecule has 2 N–H and O–H groups in total. The Hall–Kier alpha value is -3.73. The normalized spacial score (nSPS) is 14.8. The van der Waals surface area contributed by atoms with Crippen molar-refractivity contribution >= 4 is 23.6 Å². The van der Waals surface area contributed by atoms with Crippen LogP contribution in [0.2, 0.25) is 0 Å². The molecule has 2 aliphatic rings. The first-order valence-electron chi connectivity index (χ1n) is 8.28. The van der Waals surface area contributed by atoms with E-state index < -0.39 is 5.91 Å². The van der Waals surface area contributed by atoms with Gasteiger partial charge < -0.3 is 24.7 Å². The standard InChI is InChI=1S/C19H16N4O4/c1-11(24)22-9-15-3-2-14(4-12(7-20)19(21)25)23(15)8-13-5-17-18(6-16(13)22)27-10-26-17/h2-6H,8-10H2,1H3,(H2,21,25)/b12-4+. The van der Waals surface area contributed by atoms with Gasteiger partial charge in [-0.25, -0.2) is 0 Å². The van der Waals surface area contributed by atoms with E-state index in [1.165, 1.54) is 13.0 Å². The van der Waals surface area contributed by atoms with Crippen LogP contribution in [-0.2, 0) is 22.7 Å². The molecule has 0 spiro atoms. The highest BCUT2D eigenvalue weighted by molar-refractivity contribution is 6.00. The van der Waals surface area contributed by atoms with Crippen LogP contribution in [0.15, 0.2) is 29.8 Å². The van der Waals surface area contributed by atoms with Gasteiger partial charge >= 0.3 is 0 Å². The third kappa shape index (κ3) is 2.79. The lowest BCUT2D eigenvalue weighted by Gasteiger charge is -2.21. The van der Waals surface area contributed by atoms with Crippen molar-refractivity contribution < 1.29 is 19.1 Å². The fourth-order valence-electron chi connectivity index (χ4n) is 3.34. The van der Waals surface area contributed by atoms with Crippen molar-refractivity contribution in [2.75, 3.05) is 11.7 Å². The topological polar surface area (TPSA) is 111 Å². The molecule has 0 saturated carbocycles. The van der Waals surface area contributed by atoms with Gasteiger partial charge in [0.1, 0.15) is 11.6 Å². The second-order valence-electron chi connectivity index (χ2n) is 6.31. The van der Waals surface area contributed by atoms with E-state index >= 15 is 0 Å². The van der Waals surface area contributed by atoms with Gasteiger partial charge in [0.05, 0.1) is 18.8 Å². The van der Waals surface area contributed by atoms with E-state index in [9.17, 15) is 9.59 Å². The summed E-state index contributed by atoms with van der Waals surface area (Å²) in [4.78, 5) is 25.3. The second-order valence-corrected chi connectivity index (χ2v) is 6.31. The molecule has 3 heterocycles. The molecule has 4 rings (SSSR count). The van der Waals surface area contributed by atoms with Gasteiger partial charge in [0.25, 0.3) is 5.91 Å². The van der Waals surface area contributed by atoms with Crippen LogP contribution in [0.4, 0.5) is 5.69 Å². The van der Waals surface area contributed by atoms with Gasteiger partial charge in [0, 0.05) is 24.4 Å². The number of primary amides is 1. The number of ether oxygens (including phenoxy) is 2. The van der Waals surface area contributed by atoms with E-state index in [-0.39, 0.29) is 18.3 Å². The summed E-state index contributed by atoms with van der Waals surface area (Å²) in [6.07, 6.45) is 1.46. The summed E-state index contributed by atoms with van der Waals surface area (Å²) in [6, 6.07) is 9.14. The highest BCUT2D eigenvalue weighted by atomic mass is 16.7. The van der Waals surface area contributed by atoms with Crippen LogP contribution in [0.1, 0.15) is 23.9 Å². The number of carbonyl (C=O) groups excluding carboxylic acids is 2. The van der Waals surface area contributed by atoms with E-state index in [0.29, 0.717) is 30.3 Å². The lowest BCUT2D eigenvalue weighted by atomic mass is 10.1. The molecule has 136 valence electrons. The Morgan fingerprint density at radius 1 is 1.22 bits per heavy atom. The number of nitrogens with two attached hydrogens (primary N) is 1. The fraction of sp³-hybridized carbons (Fsp3) is 0.211.